The third kappa shape index (κ3) is 4.59. The molecule has 1 amide bonds. The zero-order chi connectivity index (χ0) is 16.8. The van der Waals surface area contributed by atoms with Crippen molar-refractivity contribution in [2.75, 3.05) is 11.1 Å². The molecule has 0 aliphatic carbocycles. The molecule has 0 saturated heterocycles. The Morgan fingerprint density at radius 3 is 2.96 bits per heavy atom. The van der Waals surface area contributed by atoms with Crippen molar-refractivity contribution in [1.29, 1.82) is 0 Å². The Hall–Kier alpha value is -1.83. The van der Waals surface area contributed by atoms with Gasteiger partial charge in [0.2, 0.25) is 5.91 Å². The van der Waals surface area contributed by atoms with Crippen molar-refractivity contribution < 1.29 is 4.79 Å². The normalized spacial score (nSPS) is 10.7. The fourth-order valence-electron chi connectivity index (χ4n) is 2.07. The summed E-state index contributed by atoms with van der Waals surface area (Å²) < 4.78 is 1.97. The summed E-state index contributed by atoms with van der Waals surface area (Å²) in [5.74, 6) is 0.129. The van der Waals surface area contributed by atoms with Crippen molar-refractivity contribution in [3.63, 3.8) is 0 Å². The molecule has 0 atom stereocenters. The number of aromatic nitrogens is 3. The number of hydrogen-bond donors (Lipinski definition) is 1. The summed E-state index contributed by atoms with van der Waals surface area (Å²) in [5.41, 5.74) is 0.615. The van der Waals surface area contributed by atoms with Gasteiger partial charge in [0.05, 0.1) is 16.5 Å². The Morgan fingerprint density at radius 1 is 1.29 bits per heavy atom. The molecule has 0 unspecified atom stereocenters. The number of nitrogens with one attached hydrogen (secondary N) is 1. The van der Waals surface area contributed by atoms with Gasteiger partial charge >= 0.3 is 0 Å². The number of thiophene rings is 1. The zero-order valence-electron chi connectivity index (χ0n) is 12.7. The van der Waals surface area contributed by atoms with Crippen LogP contribution < -0.4 is 5.32 Å². The minimum absolute atomic E-state index is 0.124. The molecule has 0 radical (unpaired) electrons. The Morgan fingerprint density at radius 2 is 2.17 bits per heavy atom. The van der Waals surface area contributed by atoms with Gasteiger partial charge in [0.25, 0.3) is 0 Å². The maximum atomic E-state index is 12.1. The first-order valence-corrected chi connectivity index (χ1v) is 9.54. The van der Waals surface area contributed by atoms with Crippen LogP contribution in [0.1, 0.15) is 4.88 Å². The molecule has 0 bridgehead atoms. The van der Waals surface area contributed by atoms with E-state index in [1.165, 1.54) is 16.6 Å². The number of carbonyl (C=O) groups excluding carboxylic acids is 1. The van der Waals surface area contributed by atoms with Crippen LogP contribution in [0, 0.1) is 0 Å². The largest absolute Gasteiger partial charge is 0.324 e. The molecular weight excluding hydrogens is 364 g/mol. The smallest absolute Gasteiger partial charge is 0.234 e. The highest BCUT2D eigenvalue weighted by Gasteiger charge is 2.10. The first-order chi connectivity index (χ1) is 11.7. The van der Waals surface area contributed by atoms with E-state index in [1.807, 2.05) is 22.8 Å². The topological polar surface area (TPSA) is 59.8 Å². The summed E-state index contributed by atoms with van der Waals surface area (Å²) in [7, 11) is 0. The van der Waals surface area contributed by atoms with Gasteiger partial charge < -0.3 is 9.88 Å². The molecule has 0 aliphatic heterocycles. The number of aryl methyl sites for hydroxylation is 2. The number of halogens is 1. The Bertz CT molecular complexity index is 804. The SMILES string of the molecule is O=C(CSc1nncn1CCc1cccs1)Nc1ccccc1Cl. The van der Waals surface area contributed by atoms with Crippen LogP contribution in [0.5, 0.6) is 0 Å². The highest BCUT2D eigenvalue weighted by Crippen LogP contribution is 2.22. The van der Waals surface area contributed by atoms with Gasteiger partial charge in [-0.05, 0) is 30.0 Å². The lowest BCUT2D eigenvalue weighted by molar-refractivity contribution is -0.113. The minimum Gasteiger partial charge on any atom is -0.324 e. The summed E-state index contributed by atoms with van der Waals surface area (Å²) in [6.45, 7) is 0.794. The Kier molecular flexibility index (Phi) is 5.90. The summed E-state index contributed by atoms with van der Waals surface area (Å²) in [6.07, 6.45) is 2.62. The number of thioether (sulfide) groups is 1. The molecule has 1 N–H and O–H groups in total. The number of anilines is 1. The number of rotatable bonds is 7. The average Bonchev–Trinajstić information content (AvgIpc) is 3.24. The molecule has 5 nitrogen and oxygen atoms in total. The number of amides is 1. The standard InChI is InChI=1S/C16H15ClN4OS2/c17-13-5-1-2-6-14(13)19-15(22)10-24-16-20-18-11-21(16)8-7-12-4-3-9-23-12/h1-6,9,11H,7-8,10H2,(H,19,22). The van der Waals surface area contributed by atoms with E-state index < -0.39 is 0 Å². The second-order valence-electron chi connectivity index (χ2n) is 4.95. The second kappa shape index (κ2) is 8.32. The van der Waals surface area contributed by atoms with Crippen LogP contribution in [-0.2, 0) is 17.8 Å². The molecule has 0 fully saturated rings. The zero-order valence-corrected chi connectivity index (χ0v) is 15.1. The molecular formula is C16H15ClN4OS2. The highest BCUT2D eigenvalue weighted by atomic mass is 35.5. The lowest BCUT2D eigenvalue weighted by Crippen LogP contribution is -2.15. The molecule has 8 heteroatoms. The van der Waals surface area contributed by atoms with Crippen LogP contribution in [0.3, 0.4) is 0 Å². The van der Waals surface area contributed by atoms with Crippen molar-refractivity contribution in [1.82, 2.24) is 14.8 Å². The van der Waals surface area contributed by atoms with Crippen molar-refractivity contribution in [2.24, 2.45) is 0 Å². The third-order valence-corrected chi connectivity index (χ3v) is 5.49. The van der Waals surface area contributed by atoms with Gasteiger partial charge in [-0.3, -0.25) is 4.79 Å². The monoisotopic (exact) mass is 378 g/mol. The molecule has 2 heterocycles. The van der Waals surface area contributed by atoms with Crippen LogP contribution in [-0.4, -0.2) is 26.4 Å². The molecule has 124 valence electrons. The van der Waals surface area contributed by atoms with Gasteiger partial charge in [0.1, 0.15) is 6.33 Å². The van der Waals surface area contributed by atoms with Crippen molar-refractivity contribution >= 4 is 46.3 Å². The molecule has 1 aromatic carbocycles. The van der Waals surface area contributed by atoms with E-state index in [9.17, 15) is 4.79 Å². The number of nitrogens with zero attached hydrogens (tertiary/aromatic N) is 3. The van der Waals surface area contributed by atoms with Crippen molar-refractivity contribution in [3.05, 3.63) is 58.0 Å². The number of carbonyl (C=O) groups is 1. The van der Waals surface area contributed by atoms with Gasteiger partial charge in [0.15, 0.2) is 5.16 Å². The molecule has 2 aromatic heterocycles. The Balaban J connectivity index is 1.52. The summed E-state index contributed by atoms with van der Waals surface area (Å²) in [6, 6.07) is 11.3. The molecule has 0 aliphatic rings. The van der Waals surface area contributed by atoms with Gasteiger partial charge in [-0.2, -0.15) is 0 Å². The van der Waals surface area contributed by atoms with E-state index in [0.717, 1.165) is 18.1 Å². The van der Waals surface area contributed by atoms with Crippen molar-refractivity contribution in [2.45, 2.75) is 18.1 Å². The van der Waals surface area contributed by atoms with Gasteiger partial charge in [0, 0.05) is 11.4 Å². The number of para-hydroxylation sites is 1. The van der Waals surface area contributed by atoms with E-state index in [1.54, 1.807) is 29.8 Å². The van der Waals surface area contributed by atoms with E-state index in [-0.39, 0.29) is 11.7 Å². The fraction of sp³-hybridized carbons (Fsp3) is 0.188. The van der Waals surface area contributed by atoms with E-state index >= 15 is 0 Å². The predicted molar refractivity (Wildman–Crippen MR) is 98.9 cm³/mol. The minimum atomic E-state index is -0.124. The maximum absolute atomic E-state index is 12.1. The maximum Gasteiger partial charge on any atom is 0.234 e. The van der Waals surface area contributed by atoms with Gasteiger partial charge in [-0.15, -0.1) is 21.5 Å². The van der Waals surface area contributed by atoms with E-state index in [0.29, 0.717) is 10.7 Å². The lowest BCUT2D eigenvalue weighted by atomic mass is 10.3. The molecule has 24 heavy (non-hydrogen) atoms. The molecule has 0 spiro atoms. The number of hydrogen-bond acceptors (Lipinski definition) is 5. The first-order valence-electron chi connectivity index (χ1n) is 7.30. The summed E-state index contributed by atoms with van der Waals surface area (Å²) in [4.78, 5) is 13.4. The van der Waals surface area contributed by atoms with Crippen LogP contribution >= 0.6 is 34.7 Å². The average molecular weight is 379 g/mol. The molecule has 3 rings (SSSR count). The van der Waals surface area contributed by atoms with Gasteiger partial charge in [-0.25, -0.2) is 0 Å². The van der Waals surface area contributed by atoms with E-state index in [4.69, 9.17) is 11.6 Å². The van der Waals surface area contributed by atoms with Crippen LogP contribution in [0.2, 0.25) is 5.02 Å². The summed E-state index contributed by atoms with van der Waals surface area (Å²) >= 11 is 9.13. The fourth-order valence-corrected chi connectivity index (χ4v) is 3.70. The molecule has 3 aromatic rings. The summed E-state index contributed by atoms with van der Waals surface area (Å²) in [5, 5.41) is 14.2. The highest BCUT2D eigenvalue weighted by molar-refractivity contribution is 7.99. The lowest BCUT2D eigenvalue weighted by Gasteiger charge is -2.07. The van der Waals surface area contributed by atoms with Crippen LogP contribution in [0.15, 0.2) is 53.3 Å². The second-order valence-corrected chi connectivity index (χ2v) is 7.33. The molecule has 0 saturated carbocycles. The van der Waals surface area contributed by atoms with Crippen LogP contribution in [0.4, 0.5) is 5.69 Å². The quantitative estimate of drug-likeness (QED) is 0.632. The predicted octanol–water partition coefficient (Wildman–Crippen LogP) is 3.97. The van der Waals surface area contributed by atoms with Gasteiger partial charge in [-0.1, -0.05) is 41.6 Å². The number of benzene rings is 1. The Labute approximate surface area is 153 Å². The first kappa shape index (κ1) is 17.0. The van der Waals surface area contributed by atoms with Crippen molar-refractivity contribution in [3.8, 4) is 0 Å². The van der Waals surface area contributed by atoms with E-state index in [2.05, 4.69) is 27.0 Å². The van der Waals surface area contributed by atoms with Crippen LogP contribution in [0.25, 0.3) is 0 Å². The third-order valence-electron chi connectivity index (χ3n) is 3.24.